The number of aryl methyl sites for hydroxylation is 1. The number of hydrogen-bond acceptors (Lipinski definition) is 7. The van der Waals surface area contributed by atoms with Crippen LogP contribution in [0.1, 0.15) is 12.6 Å². The lowest BCUT2D eigenvalue weighted by Crippen LogP contribution is -2.14. The van der Waals surface area contributed by atoms with E-state index in [9.17, 15) is 4.79 Å². The van der Waals surface area contributed by atoms with E-state index in [1.54, 1.807) is 0 Å². The molecule has 27 heavy (non-hydrogen) atoms. The van der Waals surface area contributed by atoms with E-state index in [-0.39, 0.29) is 11.7 Å². The number of fused-ring (bicyclic) bond motifs is 1. The molecule has 3 aromatic heterocycles. The first-order valence-corrected chi connectivity index (χ1v) is 10.3. The molecule has 4 aromatic rings. The van der Waals surface area contributed by atoms with Gasteiger partial charge in [0.1, 0.15) is 5.58 Å². The lowest BCUT2D eigenvalue weighted by molar-refractivity contribution is -0.113. The normalized spacial score (nSPS) is 11.2. The van der Waals surface area contributed by atoms with Crippen LogP contribution in [-0.2, 0) is 11.3 Å². The van der Waals surface area contributed by atoms with Gasteiger partial charge in [-0.25, -0.2) is 4.98 Å². The third kappa shape index (κ3) is 3.74. The van der Waals surface area contributed by atoms with Gasteiger partial charge in [-0.3, -0.25) is 9.36 Å². The van der Waals surface area contributed by atoms with Crippen LogP contribution in [-0.4, -0.2) is 31.4 Å². The zero-order chi connectivity index (χ0) is 18.8. The SMILES string of the molecule is CCn1c(SCC(=O)Nc2nc(C)cs2)nnc1-c1cc2ccccc2o1. The van der Waals surface area contributed by atoms with Crippen LogP contribution in [0.5, 0.6) is 0 Å². The van der Waals surface area contributed by atoms with E-state index in [1.807, 2.05) is 54.1 Å². The maximum atomic E-state index is 12.1. The summed E-state index contributed by atoms with van der Waals surface area (Å²) in [6.45, 7) is 4.58. The number of thiazole rings is 1. The predicted molar refractivity (Wildman–Crippen MR) is 107 cm³/mol. The van der Waals surface area contributed by atoms with E-state index in [0.29, 0.717) is 28.4 Å². The van der Waals surface area contributed by atoms with Crippen molar-refractivity contribution >= 4 is 45.1 Å². The van der Waals surface area contributed by atoms with Gasteiger partial charge in [0, 0.05) is 17.3 Å². The number of furan rings is 1. The van der Waals surface area contributed by atoms with Crippen LogP contribution in [0.15, 0.2) is 45.3 Å². The number of amides is 1. The summed E-state index contributed by atoms with van der Waals surface area (Å²) in [4.78, 5) is 16.4. The minimum Gasteiger partial charge on any atom is -0.453 e. The molecule has 0 aliphatic carbocycles. The maximum Gasteiger partial charge on any atom is 0.236 e. The quantitative estimate of drug-likeness (QED) is 0.489. The van der Waals surface area contributed by atoms with Crippen LogP contribution in [0.4, 0.5) is 5.13 Å². The van der Waals surface area contributed by atoms with Crippen LogP contribution in [0.3, 0.4) is 0 Å². The van der Waals surface area contributed by atoms with Gasteiger partial charge >= 0.3 is 0 Å². The van der Waals surface area contributed by atoms with Crippen molar-refractivity contribution in [2.45, 2.75) is 25.5 Å². The van der Waals surface area contributed by atoms with Crippen molar-refractivity contribution < 1.29 is 9.21 Å². The Kier molecular flexibility index (Phi) is 4.95. The van der Waals surface area contributed by atoms with Gasteiger partial charge in [0.25, 0.3) is 0 Å². The first-order chi connectivity index (χ1) is 13.1. The molecule has 0 fully saturated rings. The Hall–Kier alpha value is -2.65. The lowest BCUT2D eigenvalue weighted by Gasteiger charge is -2.05. The van der Waals surface area contributed by atoms with Crippen molar-refractivity contribution in [3.8, 4) is 11.6 Å². The predicted octanol–water partition coefficient (Wildman–Crippen LogP) is 4.21. The van der Waals surface area contributed by atoms with Crippen LogP contribution in [0.2, 0.25) is 0 Å². The van der Waals surface area contributed by atoms with Gasteiger partial charge in [-0.2, -0.15) is 0 Å². The van der Waals surface area contributed by atoms with Crippen molar-refractivity contribution in [1.29, 1.82) is 0 Å². The van der Waals surface area contributed by atoms with Crippen LogP contribution in [0.25, 0.3) is 22.6 Å². The Labute approximate surface area is 163 Å². The summed E-state index contributed by atoms with van der Waals surface area (Å²) < 4.78 is 7.85. The Bertz CT molecular complexity index is 1070. The van der Waals surface area contributed by atoms with Gasteiger partial charge in [0.2, 0.25) is 11.7 Å². The smallest absolute Gasteiger partial charge is 0.236 e. The zero-order valence-electron chi connectivity index (χ0n) is 14.8. The highest BCUT2D eigenvalue weighted by molar-refractivity contribution is 7.99. The van der Waals surface area contributed by atoms with Crippen LogP contribution < -0.4 is 5.32 Å². The molecule has 3 heterocycles. The van der Waals surface area contributed by atoms with E-state index in [0.717, 1.165) is 16.7 Å². The number of carbonyl (C=O) groups excluding carboxylic acids is 1. The molecular formula is C18H17N5O2S2. The molecule has 1 aromatic carbocycles. The number of carbonyl (C=O) groups is 1. The van der Waals surface area contributed by atoms with Gasteiger partial charge in [0.05, 0.1) is 11.4 Å². The molecule has 0 saturated carbocycles. The topological polar surface area (TPSA) is 85.8 Å². The van der Waals surface area contributed by atoms with E-state index in [2.05, 4.69) is 20.5 Å². The minimum atomic E-state index is -0.120. The molecule has 0 spiro atoms. The summed E-state index contributed by atoms with van der Waals surface area (Å²) in [5, 5.41) is 15.5. The highest BCUT2D eigenvalue weighted by Gasteiger charge is 2.18. The molecule has 0 aliphatic heterocycles. The number of hydrogen-bond donors (Lipinski definition) is 1. The van der Waals surface area contributed by atoms with Gasteiger partial charge in [-0.1, -0.05) is 30.0 Å². The number of aromatic nitrogens is 4. The maximum absolute atomic E-state index is 12.1. The van der Waals surface area contributed by atoms with Crippen molar-refractivity contribution in [2.24, 2.45) is 0 Å². The molecular weight excluding hydrogens is 382 g/mol. The summed E-state index contributed by atoms with van der Waals surface area (Å²) in [7, 11) is 0. The second-order valence-electron chi connectivity index (χ2n) is 5.83. The molecule has 0 atom stereocenters. The summed E-state index contributed by atoms with van der Waals surface area (Å²) in [5.74, 6) is 1.44. The average Bonchev–Trinajstić information content (AvgIpc) is 3.36. The standard InChI is InChI=1S/C18H17N5O2S2/c1-3-23-16(14-8-12-6-4-5-7-13(12)25-14)21-22-18(23)27-10-15(24)20-17-19-11(2)9-26-17/h4-9H,3,10H2,1-2H3,(H,19,20,24). The molecule has 7 nitrogen and oxygen atoms in total. The number of rotatable bonds is 6. The number of thioether (sulfide) groups is 1. The number of para-hydroxylation sites is 1. The number of benzene rings is 1. The van der Waals surface area contributed by atoms with Crippen molar-refractivity contribution in [3.05, 3.63) is 41.4 Å². The second kappa shape index (κ2) is 7.53. The fraction of sp³-hybridized carbons (Fsp3) is 0.222. The van der Waals surface area contributed by atoms with E-state index >= 15 is 0 Å². The molecule has 0 radical (unpaired) electrons. The first kappa shape index (κ1) is 17.7. The minimum absolute atomic E-state index is 0.120. The number of nitrogens with one attached hydrogen (secondary N) is 1. The average molecular weight is 400 g/mol. The van der Waals surface area contributed by atoms with Crippen LogP contribution >= 0.6 is 23.1 Å². The Balaban J connectivity index is 1.50. The second-order valence-corrected chi connectivity index (χ2v) is 7.63. The monoisotopic (exact) mass is 399 g/mol. The molecule has 1 amide bonds. The summed E-state index contributed by atoms with van der Waals surface area (Å²) >= 11 is 2.75. The Morgan fingerprint density at radius 2 is 2.19 bits per heavy atom. The Morgan fingerprint density at radius 3 is 2.93 bits per heavy atom. The summed E-state index contributed by atoms with van der Waals surface area (Å²) in [6, 6.07) is 9.78. The van der Waals surface area contributed by atoms with Gasteiger partial charge in [-0.05, 0) is 26.0 Å². The highest BCUT2D eigenvalue weighted by atomic mass is 32.2. The third-order valence-corrected chi connectivity index (χ3v) is 5.72. The fourth-order valence-corrected chi connectivity index (χ4v) is 4.16. The molecule has 0 bridgehead atoms. The molecule has 9 heteroatoms. The van der Waals surface area contributed by atoms with Gasteiger partial charge in [-0.15, -0.1) is 21.5 Å². The molecule has 0 aliphatic rings. The Morgan fingerprint density at radius 1 is 1.33 bits per heavy atom. The van der Waals surface area contributed by atoms with Crippen LogP contribution in [0, 0.1) is 6.92 Å². The largest absolute Gasteiger partial charge is 0.453 e. The summed E-state index contributed by atoms with van der Waals surface area (Å²) in [5.41, 5.74) is 1.70. The lowest BCUT2D eigenvalue weighted by atomic mass is 10.2. The van der Waals surface area contributed by atoms with Gasteiger partial charge < -0.3 is 9.73 Å². The third-order valence-electron chi connectivity index (χ3n) is 3.88. The van der Waals surface area contributed by atoms with E-state index in [4.69, 9.17) is 4.42 Å². The fourth-order valence-electron chi connectivity index (χ4n) is 2.65. The molecule has 1 N–H and O–H groups in total. The summed E-state index contributed by atoms with van der Waals surface area (Å²) in [6.07, 6.45) is 0. The van der Waals surface area contributed by atoms with Crippen molar-refractivity contribution in [2.75, 3.05) is 11.1 Å². The van der Waals surface area contributed by atoms with Crippen molar-refractivity contribution in [1.82, 2.24) is 19.7 Å². The molecule has 0 unspecified atom stereocenters. The number of nitrogens with zero attached hydrogens (tertiary/aromatic N) is 4. The van der Waals surface area contributed by atoms with Crippen molar-refractivity contribution in [3.63, 3.8) is 0 Å². The molecule has 4 rings (SSSR count). The van der Waals surface area contributed by atoms with Gasteiger partial charge in [0.15, 0.2) is 16.0 Å². The highest BCUT2D eigenvalue weighted by Crippen LogP contribution is 2.29. The molecule has 138 valence electrons. The zero-order valence-corrected chi connectivity index (χ0v) is 16.4. The van der Waals surface area contributed by atoms with E-state index in [1.165, 1.54) is 23.1 Å². The molecule has 0 saturated heterocycles. The number of anilines is 1. The van der Waals surface area contributed by atoms with E-state index < -0.39 is 0 Å². The first-order valence-electron chi connectivity index (χ1n) is 8.41.